The number of fused-ring (bicyclic) bond motifs is 1. The van der Waals surface area contributed by atoms with E-state index in [1.807, 2.05) is 37.3 Å². The molecule has 188 valence electrons. The average molecular weight is 506 g/mol. The summed E-state index contributed by atoms with van der Waals surface area (Å²) in [6.07, 6.45) is 5.13. The molecule has 1 N–H and O–H groups in total. The Morgan fingerprint density at radius 2 is 1.92 bits per heavy atom. The fourth-order valence-electron chi connectivity index (χ4n) is 5.42. The summed E-state index contributed by atoms with van der Waals surface area (Å²) in [6.45, 7) is 8.55. The highest BCUT2D eigenvalue weighted by Crippen LogP contribution is 2.44. The minimum Gasteiger partial charge on any atom is -0.508 e. The third-order valence-electron chi connectivity index (χ3n) is 7.24. The molecule has 1 fully saturated rings. The maximum Gasteiger partial charge on any atom is 0.184 e. The molecule has 0 bridgehead atoms. The van der Waals surface area contributed by atoms with Crippen LogP contribution in [-0.2, 0) is 6.42 Å². The van der Waals surface area contributed by atoms with E-state index in [0.717, 1.165) is 41.7 Å². The predicted octanol–water partition coefficient (Wildman–Crippen LogP) is 7.18. The number of hydrogen-bond donors (Lipinski definition) is 1. The maximum atomic E-state index is 13.8. The monoisotopic (exact) mass is 505 g/mol. The molecule has 2 atom stereocenters. The van der Waals surface area contributed by atoms with Gasteiger partial charge >= 0.3 is 0 Å². The lowest BCUT2D eigenvalue weighted by Gasteiger charge is -2.37. The van der Waals surface area contributed by atoms with E-state index in [1.54, 1.807) is 12.1 Å². The Morgan fingerprint density at radius 1 is 1.17 bits per heavy atom. The largest absolute Gasteiger partial charge is 0.508 e. The summed E-state index contributed by atoms with van der Waals surface area (Å²) >= 11 is 1.37. The molecule has 0 amide bonds. The highest BCUT2D eigenvalue weighted by atomic mass is 32.1. The number of aromatic hydroxyl groups is 1. The summed E-state index contributed by atoms with van der Waals surface area (Å²) in [6, 6.07) is 13.1. The highest BCUT2D eigenvalue weighted by Gasteiger charge is 2.33. The number of ketones is 1. The molecular weight excluding hydrogens is 473 g/mol. The fourth-order valence-corrected chi connectivity index (χ4v) is 6.56. The smallest absolute Gasteiger partial charge is 0.184 e. The van der Waals surface area contributed by atoms with Gasteiger partial charge in [-0.15, -0.1) is 11.3 Å². The minimum absolute atomic E-state index is 0.0495. The van der Waals surface area contributed by atoms with Crippen LogP contribution in [0.4, 0.5) is 4.39 Å². The molecule has 2 heterocycles. The number of halogens is 1. The Balaban J connectivity index is 1.38. The zero-order valence-electron chi connectivity index (χ0n) is 21.0. The number of alkyl halides is 1. The lowest BCUT2D eigenvalue weighted by Crippen LogP contribution is -2.48. The average Bonchev–Trinajstić information content (AvgIpc) is 3.15. The highest BCUT2D eigenvalue weighted by molar-refractivity contribution is 7.21. The molecule has 1 aromatic heterocycles. The topological polar surface area (TPSA) is 49.8 Å². The predicted molar refractivity (Wildman–Crippen MR) is 144 cm³/mol. The quantitative estimate of drug-likeness (QED) is 0.329. The van der Waals surface area contributed by atoms with Crippen LogP contribution in [0.15, 0.2) is 65.8 Å². The SMILES string of the molecule is CC1=CC(C)C(C(=O)c2sc3cc(O)ccc3c2Oc2ccc(CCN3CC(CF)C3)cc2)C(C)=C1. The van der Waals surface area contributed by atoms with Crippen LogP contribution in [0.25, 0.3) is 10.1 Å². The number of phenols is 1. The lowest BCUT2D eigenvalue weighted by molar-refractivity contribution is 0.0824. The molecule has 2 aliphatic rings. The van der Waals surface area contributed by atoms with Gasteiger partial charge in [-0.3, -0.25) is 9.18 Å². The Kier molecular flexibility index (Phi) is 7.00. The van der Waals surface area contributed by atoms with Crippen molar-refractivity contribution in [1.82, 2.24) is 4.90 Å². The molecule has 1 saturated heterocycles. The lowest BCUT2D eigenvalue weighted by atomic mass is 9.78. The summed E-state index contributed by atoms with van der Waals surface area (Å²) in [5.41, 5.74) is 3.43. The van der Waals surface area contributed by atoms with Crippen molar-refractivity contribution in [3.05, 3.63) is 76.2 Å². The van der Waals surface area contributed by atoms with E-state index in [4.69, 9.17) is 4.74 Å². The third kappa shape index (κ3) is 4.97. The molecule has 36 heavy (non-hydrogen) atoms. The number of carbonyl (C=O) groups is 1. The van der Waals surface area contributed by atoms with Gasteiger partial charge < -0.3 is 14.7 Å². The van der Waals surface area contributed by atoms with E-state index >= 15 is 0 Å². The van der Waals surface area contributed by atoms with E-state index in [9.17, 15) is 14.3 Å². The molecule has 0 radical (unpaired) electrons. The van der Waals surface area contributed by atoms with Gasteiger partial charge in [0.2, 0.25) is 0 Å². The summed E-state index contributed by atoms with van der Waals surface area (Å²) in [5.74, 6) is 1.50. The van der Waals surface area contributed by atoms with Crippen molar-refractivity contribution < 1.29 is 19.0 Å². The number of likely N-dealkylation sites (tertiary alicyclic amines) is 1. The van der Waals surface area contributed by atoms with Crippen molar-refractivity contribution in [3.63, 3.8) is 0 Å². The Labute approximate surface area is 215 Å². The first kappa shape index (κ1) is 24.7. The summed E-state index contributed by atoms with van der Waals surface area (Å²) in [7, 11) is 0. The van der Waals surface area contributed by atoms with Gasteiger partial charge in [0.05, 0.1) is 12.6 Å². The van der Waals surface area contributed by atoms with E-state index in [-0.39, 0.29) is 36.0 Å². The number of rotatable bonds is 8. The zero-order valence-corrected chi connectivity index (χ0v) is 21.8. The van der Waals surface area contributed by atoms with Crippen molar-refractivity contribution in [2.24, 2.45) is 17.8 Å². The molecular formula is C30H32FNO3S. The van der Waals surface area contributed by atoms with Gasteiger partial charge in [0.25, 0.3) is 0 Å². The second kappa shape index (κ2) is 10.2. The van der Waals surface area contributed by atoms with Crippen molar-refractivity contribution in [3.8, 4) is 17.2 Å². The van der Waals surface area contributed by atoms with Gasteiger partial charge in [-0.1, -0.05) is 42.4 Å². The van der Waals surface area contributed by atoms with Crippen LogP contribution >= 0.6 is 11.3 Å². The normalized spacial score (nSPS) is 20.7. The molecule has 0 spiro atoms. The maximum absolute atomic E-state index is 13.8. The van der Waals surface area contributed by atoms with Crippen molar-refractivity contribution >= 4 is 27.2 Å². The first-order valence-corrected chi connectivity index (χ1v) is 13.4. The Bertz CT molecular complexity index is 1330. The standard InChI is InChI=1S/C30H32FNO3S/c1-18-12-19(2)27(20(3)13-18)28(34)30-29(25-9-6-23(33)14-26(25)36-30)35-24-7-4-21(5-8-24)10-11-32-16-22(15-31)17-32/h4-9,12-14,19,22,27,33H,10-11,15-17H2,1-3H3. The molecule has 1 aliphatic heterocycles. The van der Waals surface area contributed by atoms with Crippen LogP contribution in [0.5, 0.6) is 17.2 Å². The van der Waals surface area contributed by atoms with Crippen molar-refractivity contribution in [2.45, 2.75) is 27.2 Å². The number of benzene rings is 2. The molecule has 3 aromatic rings. The van der Waals surface area contributed by atoms with Gasteiger partial charge in [-0.05, 0) is 62.1 Å². The van der Waals surface area contributed by atoms with Crippen LogP contribution in [0, 0.1) is 17.8 Å². The van der Waals surface area contributed by atoms with Crippen molar-refractivity contribution in [2.75, 3.05) is 26.3 Å². The number of hydrogen-bond acceptors (Lipinski definition) is 5. The number of ether oxygens (including phenoxy) is 1. The van der Waals surface area contributed by atoms with Gasteiger partial charge in [0.15, 0.2) is 11.5 Å². The van der Waals surface area contributed by atoms with Crippen LogP contribution in [-0.4, -0.2) is 42.1 Å². The molecule has 4 nitrogen and oxygen atoms in total. The van der Waals surface area contributed by atoms with Gasteiger partial charge in [-0.2, -0.15) is 0 Å². The Morgan fingerprint density at radius 3 is 2.61 bits per heavy atom. The van der Waals surface area contributed by atoms with Crippen molar-refractivity contribution in [1.29, 1.82) is 0 Å². The minimum atomic E-state index is -0.237. The molecule has 1 aliphatic carbocycles. The second-order valence-electron chi connectivity index (χ2n) is 10.2. The van der Waals surface area contributed by atoms with Crippen LogP contribution in [0.3, 0.4) is 0 Å². The number of nitrogens with zero attached hydrogens (tertiary/aromatic N) is 1. The van der Waals surface area contributed by atoms with Crippen LogP contribution < -0.4 is 4.74 Å². The molecule has 2 aromatic carbocycles. The second-order valence-corrected chi connectivity index (χ2v) is 11.3. The van der Waals surface area contributed by atoms with Gasteiger partial charge in [-0.25, -0.2) is 0 Å². The first-order valence-electron chi connectivity index (χ1n) is 12.5. The summed E-state index contributed by atoms with van der Waals surface area (Å²) < 4.78 is 19.8. The van der Waals surface area contributed by atoms with Gasteiger partial charge in [0.1, 0.15) is 16.4 Å². The first-order chi connectivity index (χ1) is 17.3. The number of carbonyl (C=O) groups excluding carboxylic acids is 1. The van der Waals surface area contributed by atoms with E-state index in [1.165, 1.54) is 22.5 Å². The number of allylic oxidation sites excluding steroid dienone is 4. The Hall–Kier alpha value is -2.96. The molecule has 6 heteroatoms. The summed E-state index contributed by atoms with van der Waals surface area (Å²) in [4.78, 5) is 16.7. The zero-order chi connectivity index (χ0) is 25.4. The van der Waals surface area contributed by atoms with Crippen LogP contribution in [0.1, 0.15) is 36.0 Å². The summed E-state index contributed by atoms with van der Waals surface area (Å²) in [5, 5.41) is 10.9. The van der Waals surface area contributed by atoms with E-state index in [0.29, 0.717) is 16.4 Å². The van der Waals surface area contributed by atoms with Gasteiger partial charge in [0, 0.05) is 35.6 Å². The van der Waals surface area contributed by atoms with Crippen LogP contribution in [0.2, 0.25) is 0 Å². The van der Waals surface area contributed by atoms with E-state index in [2.05, 4.69) is 30.9 Å². The third-order valence-corrected chi connectivity index (χ3v) is 8.39. The number of thiophene rings is 1. The number of Topliss-reactive ketones (excluding diaryl/α,β-unsaturated/α-hetero) is 1. The molecule has 0 saturated carbocycles. The molecule has 2 unspecified atom stereocenters. The van der Waals surface area contributed by atoms with E-state index < -0.39 is 0 Å². The molecule has 5 rings (SSSR count). The number of phenolic OH excluding ortho intramolecular Hbond substituents is 1. The fraction of sp³-hybridized carbons (Fsp3) is 0.367.